The maximum Gasteiger partial charge on any atom is 0.222 e. The zero-order chi connectivity index (χ0) is 18.5. The number of nitrogens with one attached hydrogen (secondary N) is 1. The van der Waals surface area contributed by atoms with Gasteiger partial charge in [-0.2, -0.15) is 0 Å². The minimum absolute atomic E-state index is 0.224. The number of hydrogen-bond donors (Lipinski definition) is 1. The van der Waals surface area contributed by atoms with Crippen LogP contribution in [0.3, 0.4) is 0 Å². The lowest BCUT2D eigenvalue weighted by molar-refractivity contribution is -0.130. The number of carbonyl (C=O) groups excluding carboxylic acids is 1. The lowest BCUT2D eigenvalue weighted by atomic mass is 9.98. The van der Waals surface area contributed by atoms with Crippen molar-refractivity contribution >= 4 is 16.9 Å². The number of likely N-dealkylation sites (N-methyl/N-ethyl adjacent to an activating group) is 1. The van der Waals surface area contributed by atoms with E-state index in [4.69, 9.17) is 4.74 Å². The largest absolute Gasteiger partial charge is 0.497 e. The molecule has 1 aliphatic heterocycles. The molecule has 1 unspecified atom stereocenters. The molecule has 1 saturated heterocycles. The lowest BCUT2D eigenvalue weighted by Crippen LogP contribution is -2.37. The molecule has 2 heterocycles. The van der Waals surface area contributed by atoms with E-state index >= 15 is 0 Å². The van der Waals surface area contributed by atoms with E-state index in [9.17, 15) is 4.79 Å². The standard InChI is InChI=1S/C20H30N4O2/c1-23-12-5-4-6-15(23)7-10-20(25)24(2)13-11-19-21-17-9-8-16(26-3)14-18(17)22-19/h8-9,14-15H,4-7,10-13H2,1-3H3,(H,21,22). The zero-order valence-corrected chi connectivity index (χ0v) is 16.1. The summed E-state index contributed by atoms with van der Waals surface area (Å²) in [5.74, 6) is 1.94. The second kappa shape index (κ2) is 8.54. The topological polar surface area (TPSA) is 61.5 Å². The number of H-pyrrole nitrogens is 1. The molecule has 142 valence electrons. The molecule has 1 aromatic carbocycles. The third kappa shape index (κ3) is 4.55. The van der Waals surface area contributed by atoms with Crippen LogP contribution in [-0.2, 0) is 11.2 Å². The first kappa shape index (κ1) is 18.7. The maximum absolute atomic E-state index is 12.4. The Kier molecular flexibility index (Phi) is 6.14. The fraction of sp³-hybridized carbons (Fsp3) is 0.600. The number of aromatic nitrogens is 2. The number of benzene rings is 1. The van der Waals surface area contributed by atoms with E-state index in [0.29, 0.717) is 19.0 Å². The molecular formula is C20H30N4O2. The highest BCUT2D eigenvalue weighted by atomic mass is 16.5. The zero-order valence-electron chi connectivity index (χ0n) is 16.1. The van der Waals surface area contributed by atoms with Crippen molar-refractivity contribution in [3.8, 4) is 5.75 Å². The van der Waals surface area contributed by atoms with Crippen molar-refractivity contribution in [3.63, 3.8) is 0 Å². The van der Waals surface area contributed by atoms with Gasteiger partial charge < -0.3 is 19.5 Å². The summed E-state index contributed by atoms with van der Waals surface area (Å²) >= 11 is 0. The van der Waals surface area contributed by atoms with Crippen LogP contribution < -0.4 is 4.74 Å². The number of nitrogens with zero attached hydrogens (tertiary/aromatic N) is 3. The van der Waals surface area contributed by atoms with Gasteiger partial charge in [0.25, 0.3) is 0 Å². The maximum atomic E-state index is 12.4. The molecule has 1 N–H and O–H groups in total. The molecule has 0 spiro atoms. The first-order chi connectivity index (χ1) is 12.6. The molecule has 26 heavy (non-hydrogen) atoms. The average Bonchev–Trinajstić information content (AvgIpc) is 3.07. The van der Waals surface area contributed by atoms with E-state index in [1.807, 2.05) is 30.1 Å². The summed E-state index contributed by atoms with van der Waals surface area (Å²) in [6.07, 6.45) is 6.10. The summed E-state index contributed by atoms with van der Waals surface area (Å²) in [6, 6.07) is 6.36. The molecule has 3 rings (SSSR count). The molecule has 0 saturated carbocycles. The first-order valence-corrected chi connectivity index (χ1v) is 9.53. The van der Waals surface area contributed by atoms with Gasteiger partial charge in [-0.3, -0.25) is 4.79 Å². The molecule has 0 bridgehead atoms. The first-order valence-electron chi connectivity index (χ1n) is 9.53. The number of rotatable bonds is 7. The second-order valence-corrected chi connectivity index (χ2v) is 7.30. The van der Waals surface area contributed by atoms with Crippen molar-refractivity contribution in [2.75, 3.05) is 34.3 Å². The Balaban J connectivity index is 1.48. The predicted molar refractivity (Wildman–Crippen MR) is 103 cm³/mol. The highest BCUT2D eigenvalue weighted by Gasteiger charge is 2.20. The van der Waals surface area contributed by atoms with Crippen LogP contribution in [0.1, 0.15) is 37.9 Å². The molecule has 1 aromatic heterocycles. The number of carbonyl (C=O) groups is 1. The van der Waals surface area contributed by atoms with Crippen molar-refractivity contribution < 1.29 is 9.53 Å². The summed E-state index contributed by atoms with van der Waals surface area (Å²) in [4.78, 5) is 24.6. The van der Waals surface area contributed by atoms with E-state index in [0.717, 1.165) is 42.0 Å². The summed E-state index contributed by atoms with van der Waals surface area (Å²) in [5.41, 5.74) is 1.89. The van der Waals surface area contributed by atoms with Crippen LogP contribution in [0.4, 0.5) is 0 Å². The normalized spacial score (nSPS) is 18.2. The highest BCUT2D eigenvalue weighted by Crippen LogP contribution is 2.20. The quantitative estimate of drug-likeness (QED) is 0.827. The number of ether oxygens (including phenoxy) is 1. The van der Waals surface area contributed by atoms with Gasteiger partial charge in [-0.25, -0.2) is 4.98 Å². The molecule has 6 nitrogen and oxygen atoms in total. The summed E-state index contributed by atoms with van der Waals surface area (Å²) in [5, 5.41) is 0. The van der Waals surface area contributed by atoms with Gasteiger partial charge in [0, 0.05) is 38.5 Å². The molecule has 0 radical (unpaired) electrons. The molecule has 2 aromatic rings. The summed E-state index contributed by atoms with van der Waals surface area (Å²) in [7, 11) is 5.72. The van der Waals surface area contributed by atoms with Gasteiger partial charge in [-0.05, 0) is 45.0 Å². The molecule has 6 heteroatoms. The van der Waals surface area contributed by atoms with Crippen LogP contribution >= 0.6 is 0 Å². The highest BCUT2D eigenvalue weighted by molar-refractivity contribution is 5.77. The number of methoxy groups -OCH3 is 1. The number of piperidine rings is 1. The monoisotopic (exact) mass is 358 g/mol. The minimum atomic E-state index is 0.224. The SMILES string of the molecule is COc1ccc2nc(CCN(C)C(=O)CCC3CCCCN3C)[nH]c2c1. The van der Waals surface area contributed by atoms with Crippen LogP contribution in [0.25, 0.3) is 11.0 Å². The Morgan fingerprint density at radius 2 is 2.27 bits per heavy atom. The van der Waals surface area contributed by atoms with Gasteiger partial charge in [0.1, 0.15) is 11.6 Å². The van der Waals surface area contributed by atoms with Crippen molar-refractivity contribution in [3.05, 3.63) is 24.0 Å². The van der Waals surface area contributed by atoms with E-state index < -0.39 is 0 Å². The molecule has 0 aliphatic carbocycles. The average molecular weight is 358 g/mol. The van der Waals surface area contributed by atoms with Crippen LogP contribution in [-0.4, -0.2) is 66.0 Å². The third-order valence-electron chi connectivity index (χ3n) is 5.46. The predicted octanol–water partition coefficient (Wildman–Crippen LogP) is 2.84. The van der Waals surface area contributed by atoms with Crippen molar-refractivity contribution in [1.29, 1.82) is 0 Å². The Morgan fingerprint density at radius 1 is 1.42 bits per heavy atom. The number of amides is 1. The third-order valence-corrected chi connectivity index (χ3v) is 5.46. The molecule has 1 fully saturated rings. The van der Waals surface area contributed by atoms with Crippen LogP contribution in [0.2, 0.25) is 0 Å². The Morgan fingerprint density at radius 3 is 3.04 bits per heavy atom. The number of imidazole rings is 1. The van der Waals surface area contributed by atoms with Crippen LogP contribution in [0.5, 0.6) is 5.75 Å². The second-order valence-electron chi connectivity index (χ2n) is 7.30. The van der Waals surface area contributed by atoms with Crippen LogP contribution in [0, 0.1) is 0 Å². The van der Waals surface area contributed by atoms with Gasteiger partial charge >= 0.3 is 0 Å². The van der Waals surface area contributed by atoms with Gasteiger partial charge in [0.05, 0.1) is 18.1 Å². The van der Waals surface area contributed by atoms with Crippen molar-refractivity contribution in [2.45, 2.75) is 44.6 Å². The Bertz CT molecular complexity index is 742. The van der Waals surface area contributed by atoms with Gasteiger partial charge in [-0.15, -0.1) is 0 Å². The number of hydrogen-bond acceptors (Lipinski definition) is 4. The van der Waals surface area contributed by atoms with E-state index in [-0.39, 0.29) is 5.91 Å². The van der Waals surface area contributed by atoms with Crippen LogP contribution in [0.15, 0.2) is 18.2 Å². The van der Waals surface area contributed by atoms with Gasteiger partial charge in [0.2, 0.25) is 5.91 Å². The van der Waals surface area contributed by atoms with Crippen molar-refractivity contribution in [1.82, 2.24) is 19.8 Å². The minimum Gasteiger partial charge on any atom is -0.497 e. The molecular weight excluding hydrogens is 328 g/mol. The van der Waals surface area contributed by atoms with E-state index in [1.54, 1.807) is 7.11 Å². The summed E-state index contributed by atoms with van der Waals surface area (Å²) < 4.78 is 5.24. The fourth-order valence-corrected chi connectivity index (χ4v) is 3.68. The summed E-state index contributed by atoms with van der Waals surface area (Å²) in [6.45, 7) is 1.84. The van der Waals surface area contributed by atoms with Gasteiger partial charge in [0.15, 0.2) is 0 Å². The number of likely N-dealkylation sites (tertiary alicyclic amines) is 1. The Hall–Kier alpha value is -2.08. The number of fused-ring (bicyclic) bond motifs is 1. The Labute approximate surface area is 155 Å². The molecule has 1 atom stereocenters. The van der Waals surface area contributed by atoms with Crippen molar-refractivity contribution in [2.24, 2.45) is 0 Å². The van der Waals surface area contributed by atoms with Gasteiger partial charge in [-0.1, -0.05) is 6.42 Å². The lowest BCUT2D eigenvalue weighted by Gasteiger charge is -2.32. The molecule has 1 amide bonds. The molecule has 1 aliphatic rings. The number of aromatic amines is 1. The van der Waals surface area contributed by atoms with E-state index in [1.165, 1.54) is 19.3 Å². The smallest absolute Gasteiger partial charge is 0.222 e. The van der Waals surface area contributed by atoms with E-state index in [2.05, 4.69) is 21.9 Å². The fourth-order valence-electron chi connectivity index (χ4n) is 3.68.